The predicted molar refractivity (Wildman–Crippen MR) is 160 cm³/mol. The summed E-state index contributed by atoms with van der Waals surface area (Å²) in [5, 5.41) is 12.9. The summed E-state index contributed by atoms with van der Waals surface area (Å²) in [4.78, 5) is 26.2. The van der Waals surface area contributed by atoms with Crippen LogP contribution in [0, 0.1) is 11.8 Å². The Balaban J connectivity index is 1.47. The van der Waals surface area contributed by atoms with E-state index in [1.165, 1.54) is 25.7 Å². The van der Waals surface area contributed by atoms with E-state index in [0.717, 1.165) is 37.4 Å². The maximum Gasteiger partial charge on any atom is 0.251 e. The summed E-state index contributed by atoms with van der Waals surface area (Å²) in [5.41, 5.74) is 6.98. The summed E-state index contributed by atoms with van der Waals surface area (Å²) in [7, 11) is 0. The van der Waals surface area contributed by atoms with Crippen molar-refractivity contribution in [2.75, 3.05) is 68.6 Å². The third-order valence-electron chi connectivity index (χ3n) is 6.97. The van der Waals surface area contributed by atoms with Gasteiger partial charge in [-0.1, -0.05) is 45.2 Å². The molecule has 1 aromatic heterocycles. The molecule has 1 aliphatic rings. The molecule has 1 aromatic carbocycles. The molecule has 6 N–H and O–H groups in total. The molecular weight excluding hydrogens is 508 g/mol. The molecule has 0 saturated heterocycles. The topological polar surface area (TPSA) is 148 Å². The van der Waals surface area contributed by atoms with Crippen LogP contribution in [0.15, 0.2) is 24.3 Å². The summed E-state index contributed by atoms with van der Waals surface area (Å²) in [6.07, 6.45) is 7.23. The van der Waals surface area contributed by atoms with E-state index < -0.39 is 0 Å². The summed E-state index contributed by atoms with van der Waals surface area (Å²) < 4.78 is 10.7. The maximum atomic E-state index is 12.4. The molecule has 0 radical (unpaired) electrons. The van der Waals surface area contributed by atoms with Gasteiger partial charge in [0.15, 0.2) is 0 Å². The molecule has 11 nitrogen and oxygen atoms in total. The number of nitrogens with zero attached hydrogens (tertiary/aromatic N) is 3. The van der Waals surface area contributed by atoms with Gasteiger partial charge < -0.3 is 36.5 Å². The van der Waals surface area contributed by atoms with Crippen LogP contribution < -0.4 is 27.0 Å². The Hall–Kier alpha value is -3.02. The highest BCUT2D eigenvalue weighted by Gasteiger charge is 2.18. The highest BCUT2D eigenvalue weighted by molar-refractivity contribution is 5.94. The monoisotopic (exact) mass is 556 g/mol. The molecular formula is C29H48N8O3. The fourth-order valence-electron chi connectivity index (χ4n) is 4.46. The Labute approximate surface area is 238 Å². The fourth-order valence-corrected chi connectivity index (χ4v) is 4.46. The molecule has 40 heavy (non-hydrogen) atoms. The Kier molecular flexibility index (Phi) is 14.5. The molecule has 1 aliphatic carbocycles. The summed E-state index contributed by atoms with van der Waals surface area (Å²) in [6.45, 7) is 9.59. The first-order valence-corrected chi connectivity index (χ1v) is 14.8. The second-order valence-electron chi connectivity index (χ2n) is 10.4. The van der Waals surface area contributed by atoms with E-state index in [0.29, 0.717) is 75.4 Å². The highest BCUT2D eigenvalue weighted by Crippen LogP contribution is 2.28. The van der Waals surface area contributed by atoms with Crippen molar-refractivity contribution >= 4 is 23.8 Å². The summed E-state index contributed by atoms with van der Waals surface area (Å²) in [5.74, 6) is 3.04. The number of nitrogens with two attached hydrogens (primary N) is 1. The number of carbonyl (C=O) groups is 1. The zero-order chi connectivity index (χ0) is 28.4. The van der Waals surface area contributed by atoms with Gasteiger partial charge in [-0.05, 0) is 48.8 Å². The van der Waals surface area contributed by atoms with E-state index >= 15 is 0 Å². The van der Waals surface area contributed by atoms with Crippen LogP contribution >= 0.6 is 0 Å². The minimum atomic E-state index is -0.133. The van der Waals surface area contributed by atoms with Crippen LogP contribution in [0.2, 0.25) is 0 Å². The molecule has 1 saturated carbocycles. The van der Waals surface area contributed by atoms with E-state index in [2.05, 4.69) is 50.1 Å². The number of unbranched alkanes of at least 4 members (excludes halogenated alkanes) is 1. The van der Waals surface area contributed by atoms with Gasteiger partial charge in [0, 0.05) is 38.3 Å². The summed E-state index contributed by atoms with van der Waals surface area (Å²) in [6, 6.07) is 7.49. The van der Waals surface area contributed by atoms with Crippen LogP contribution in [-0.4, -0.2) is 73.5 Å². The SMILES string of the molecule is CCCCNc1nc(NCc2ccc(C(=O)NCCOCCOCCN)cc2)nc(NCC2CCC(C)CC2)n1. The Morgan fingerprint density at radius 3 is 2.20 bits per heavy atom. The largest absolute Gasteiger partial charge is 0.378 e. The molecule has 1 fully saturated rings. The van der Waals surface area contributed by atoms with Crippen LogP contribution in [0.3, 0.4) is 0 Å². The number of hydrogen-bond acceptors (Lipinski definition) is 10. The normalized spacial score (nSPS) is 16.9. The third-order valence-corrected chi connectivity index (χ3v) is 6.97. The first-order chi connectivity index (χ1) is 19.6. The molecule has 0 aliphatic heterocycles. The molecule has 1 heterocycles. The van der Waals surface area contributed by atoms with Gasteiger partial charge in [-0.2, -0.15) is 15.0 Å². The number of ether oxygens (including phenoxy) is 2. The first-order valence-electron chi connectivity index (χ1n) is 14.8. The Morgan fingerprint density at radius 1 is 0.875 bits per heavy atom. The van der Waals surface area contributed by atoms with E-state index in [4.69, 9.17) is 15.2 Å². The minimum Gasteiger partial charge on any atom is -0.378 e. The second kappa shape index (κ2) is 18.4. The molecule has 0 spiro atoms. The molecule has 2 aromatic rings. The molecule has 0 atom stereocenters. The van der Waals surface area contributed by atoms with Crippen molar-refractivity contribution in [3.05, 3.63) is 35.4 Å². The lowest BCUT2D eigenvalue weighted by Crippen LogP contribution is -2.27. The molecule has 11 heteroatoms. The molecule has 0 bridgehead atoms. The van der Waals surface area contributed by atoms with Gasteiger partial charge >= 0.3 is 0 Å². The average molecular weight is 557 g/mol. The molecule has 222 valence electrons. The Bertz CT molecular complexity index is 984. The van der Waals surface area contributed by atoms with Gasteiger partial charge in [-0.3, -0.25) is 4.79 Å². The van der Waals surface area contributed by atoms with Gasteiger partial charge in [-0.25, -0.2) is 0 Å². The van der Waals surface area contributed by atoms with Crippen LogP contribution in [0.25, 0.3) is 0 Å². The lowest BCUT2D eigenvalue weighted by molar-refractivity contribution is 0.0511. The number of nitrogens with one attached hydrogen (secondary N) is 4. The molecule has 0 unspecified atom stereocenters. The number of aromatic nitrogens is 3. The van der Waals surface area contributed by atoms with E-state index in [1.807, 2.05) is 24.3 Å². The van der Waals surface area contributed by atoms with Gasteiger partial charge in [0.1, 0.15) is 0 Å². The van der Waals surface area contributed by atoms with Crippen molar-refractivity contribution in [1.82, 2.24) is 20.3 Å². The number of anilines is 3. The average Bonchev–Trinajstić information content (AvgIpc) is 2.97. The number of carbonyl (C=O) groups excluding carboxylic acids is 1. The Morgan fingerprint density at radius 2 is 1.52 bits per heavy atom. The van der Waals surface area contributed by atoms with Crippen molar-refractivity contribution in [2.45, 2.75) is 58.9 Å². The number of benzene rings is 1. The standard InChI is InChI=1S/C29H48N8O3/c1-3-4-14-32-27-35-28(33-20-23-7-5-22(2)6-8-23)37-29(36-27)34-21-24-9-11-25(12-10-24)26(38)31-15-17-40-19-18-39-16-13-30/h9-12,22-23H,3-8,13-21,30H2,1-2H3,(H,31,38)(H3,32,33,34,35,36,37). The number of hydrogen-bond donors (Lipinski definition) is 5. The zero-order valence-corrected chi connectivity index (χ0v) is 24.2. The van der Waals surface area contributed by atoms with Gasteiger partial charge in [0.2, 0.25) is 17.8 Å². The lowest BCUT2D eigenvalue weighted by Gasteiger charge is -2.26. The minimum absolute atomic E-state index is 0.133. The second-order valence-corrected chi connectivity index (χ2v) is 10.4. The zero-order valence-electron chi connectivity index (χ0n) is 24.2. The summed E-state index contributed by atoms with van der Waals surface area (Å²) >= 11 is 0. The van der Waals surface area contributed by atoms with E-state index in [-0.39, 0.29) is 5.91 Å². The smallest absolute Gasteiger partial charge is 0.251 e. The van der Waals surface area contributed by atoms with Crippen LogP contribution in [0.4, 0.5) is 17.8 Å². The predicted octanol–water partition coefficient (Wildman–Crippen LogP) is 3.66. The van der Waals surface area contributed by atoms with Gasteiger partial charge in [-0.15, -0.1) is 0 Å². The maximum absolute atomic E-state index is 12.4. The van der Waals surface area contributed by atoms with E-state index in [9.17, 15) is 4.79 Å². The number of amides is 1. The quantitative estimate of drug-likeness (QED) is 0.162. The molecule has 3 rings (SSSR count). The van der Waals surface area contributed by atoms with Crippen molar-refractivity contribution in [2.24, 2.45) is 17.6 Å². The third kappa shape index (κ3) is 12.0. The van der Waals surface area contributed by atoms with Crippen molar-refractivity contribution < 1.29 is 14.3 Å². The van der Waals surface area contributed by atoms with E-state index in [1.54, 1.807) is 0 Å². The van der Waals surface area contributed by atoms with Crippen molar-refractivity contribution in [3.8, 4) is 0 Å². The lowest BCUT2D eigenvalue weighted by atomic mass is 9.83. The van der Waals surface area contributed by atoms with Crippen molar-refractivity contribution in [3.63, 3.8) is 0 Å². The van der Waals surface area contributed by atoms with Crippen LogP contribution in [0.1, 0.15) is 68.3 Å². The fraction of sp³-hybridized carbons (Fsp3) is 0.655. The first kappa shape index (κ1) is 31.5. The highest BCUT2D eigenvalue weighted by atomic mass is 16.5. The van der Waals surface area contributed by atoms with Crippen LogP contribution in [-0.2, 0) is 16.0 Å². The van der Waals surface area contributed by atoms with Gasteiger partial charge in [0.25, 0.3) is 5.91 Å². The van der Waals surface area contributed by atoms with Gasteiger partial charge in [0.05, 0.1) is 26.4 Å². The number of rotatable bonds is 19. The molecule has 1 amide bonds. The van der Waals surface area contributed by atoms with Crippen molar-refractivity contribution in [1.29, 1.82) is 0 Å². The van der Waals surface area contributed by atoms with Crippen LogP contribution in [0.5, 0.6) is 0 Å².